The molecule has 2 aliphatic rings. The highest BCUT2D eigenvalue weighted by Gasteiger charge is 2.25. The molecular formula is C26H40IN7. The molecule has 1 atom stereocenters. The standard InChI is InChI=1S/C26H39N7.HI/c1-4-24(22-9-6-5-7-10-22)31-17-19-33(20-18-31)26(27-2)29-21-23-11-8-12-28-25(23)32-15-13-30(3)14-16-32;/h5-12,24H,4,13-21H2,1-3H3,(H,27,29);1H. The van der Waals surface area contributed by atoms with Gasteiger partial charge >= 0.3 is 0 Å². The zero-order chi connectivity index (χ0) is 23.0. The normalized spacial score (nSPS) is 19.0. The lowest BCUT2D eigenvalue weighted by atomic mass is 10.0. The smallest absolute Gasteiger partial charge is 0.194 e. The minimum absolute atomic E-state index is 0. The molecule has 2 aromatic rings. The van der Waals surface area contributed by atoms with Crippen molar-refractivity contribution in [3.63, 3.8) is 0 Å². The Morgan fingerprint density at radius 3 is 2.32 bits per heavy atom. The molecule has 3 heterocycles. The number of aromatic nitrogens is 1. The molecule has 0 amide bonds. The summed E-state index contributed by atoms with van der Waals surface area (Å²) in [6.45, 7) is 11.3. The van der Waals surface area contributed by atoms with Gasteiger partial charge in [-0.2, -0.15) is 0 Å². The van der Waals surface area contributed by atoms with Crippen LogP contribution in [-0.4, -0.2) is 92.1 Å². The molecule has 0 radical (unpaired) electrons. The number of nitrogens with zero attached hydrogens (tertiary/aromatic N) is 6. The van der Waals surface area contributed by atoms with Crippen molar-refractivity contribution in [2.45, 2.75) is 25.9 Å². The average Bonchev–Trinajstić information content (AvgIpc) is 2.87. The highest BCUT2D eigenvalue weighted by atomic mass is 127. The van der Waals surface area contributed by atoms with Gasteiger partial charge in [-0.25, -0.2) is 4.98 Å². The molecule has 2 saturated heterocycles. The molecule has 7 nitrogen and oxygen atoms in total. The molecule has 0 spiro atoms. The highest BCUT2D eigenvalue weighted by Crippen LogP contribution is 2.25. The van der Waals surface area contributed by atoms with E-state index in [1.807, 2.05) is 19.3 Å². The molecule has 0 bridgehead atoms. The summed E-state index contributed by atoms with van der Waals surface area (Å²) in [7, 11) is 4.07. The highest BCUT2D eigenvalue weighted by molar-refractivity contribution is 14.0. The third-order valence-corrected chi connectivity index (χ3v) is 6.94. The summed E-state index contributed by atoms with van der Waals surface area (Å²) in [5.74, 6) is 2.09. The third kappa shape index (κ3) is 6.60. The van der Waals surface area contributed by atoms with Crippen LogP contribution in [0.3, 0.4) is 0 Å². The van der Waals surface area contributed by atoms with E-state index in [9.17, 15) is 0 Å². The van der Waals surface area contributed by atoms with Gasteiger partial charge in [-0.3, -0.25) is 9.89 Å². The number of benzene rings is 1. The van der Waals surface area contributed by atoms with Crippen LogP contribution >= 0.6 is 24.0 Å². The van der Waals surface area contributed by atoms with Gasteiger partial charge < -0.3 is 20.0 Å². The van der Waals surface area contributed by atoms with Gasteiger partial charge in [0.15, 0.2) is 5.96 Å². The van der Waals surface area contributed by atoms with Crippen LogP contribution in [0.1, 0.15) is 30.5 Å². The van der Waals surface area contributed by atoms with Crippen molar-refractivity contribution in [2.24, 2.45) is 4.99 Å². The van der Waals surface area contributed by atoms with E-state index >= 15 is 0 Å². The number of anilines is 1. The largest absolute Gasteiger partial charge is 0.354 e. The van der Waals surface area contributed by atoms with E-state index in [1.54, 1.807) is 0 Å². The first kappa shape index (κ1) is 26.7. The second kappa shape index (κ2) is 13.3. The number of halogens is 1. The quantitative estimate of drug-likeness (QED) is 0.323. The number of guanidine groups is 1. The molecule has 0 aliphatic carbocycles. The Bertz CT molecular complexity index is 891. The molecule has 1 N–H and O–H groups in total. The Labute approximate surface area is 222 Å². The fourth-order valence-corrected chi connectivity index (χ4v) is 5.00. The van der Waals surface area contributed by atoms with Crippen molar-refractivity contribution in [3.05, 3.63) is 59.8 Å². The van der Waals surface area contributed by atoms with Crippen molar-refractivity contribution < 1.29 is 0 Å². The molecule has 34 heavy (non-hydrogen) atoms. The van der Waals surface area contributed by atoms with E-state index in [-0.39, 0.29) is 24.0 Å². The van der Waals surface area contributed by atoms with E-state index < -0.39 is 0 Å². The zero-order valence-corrected chi connectivity index (χ0v) is 23.2. The molecule has 2 fully saturated rings. The van der Waals surface area contributed by atoms with Gasteiger partial charge in [0.1, 0.15) is 5.82 Å². The Balaban J connectivity index is 0.00000324. The topological polar surface area (TPSA) is 50.2 Å². The fraction of sp³-hybridized carbons (Fsp3) is 0.538. The summed E-state index contributed by atoms with van der Waals surface area (Å²) >= 11 is 0. The van der Waals surface area contributed by atoms with Gasteiger partial charge in [-0.05, 0) is 25.1 Å². The minimum atomic E-state index is 0. The lowest BCUT2D eigenvalue weighted by Gasteiger charge is -2.40. The summed E-state index contributed by atoms with van der Waals surface area (Å²) in [6.07, 6.45) is 3.04. The monoisotopic (exact) mass is 577 g/mol. The molecule has 1 unspecified atom stereocenters. The maximum Gasteiger partial charge on any atom is 0.194 e. The van der Waals surface area contributed by atoms with Crippen LogP contribution in [0, 0.1) is 0 Å². The number of aliphatic imine (C=N–C) groups is 1. The van der Waals surface area contributed by atoms with Gasteiger partial charge in [0.2, 0.25) is 0 Å². The van der Waals surface area contributed by atoms with Gasteiger partial charge in [0, 0.05) is 83.8 Å². The number of likely N-dealkylation sites (N-methyl/N-ethyl adjacent to an activating group) is 1. The first-order valence-electron chi connectivity index (χ1n) is 12.3. The summed E-state index contributed by atoms with van der Waals surface area (Å²) in [5.41, 5.74) is 2.65. The minimum Gasteiger partial charge on any atom is -0.354 e. The fourth-order valence-electron chi connectivity index (χ4n) is 5.00. The number of nitrogens with one attached hydrogen (secondary N) is 1. The van der Waals surface area contributed by atoms with Crippen molar-refractivity contribution in [2.75, 3.05) is 71.4 Å². The molecule has 186 valence electrons. The average molecular weight is 578 g/mol. The van der Waals surface area contributed by atoms with Crippen LogP contribution in [0.25, 0.3) is 0 Å². The first-order valence-corrected chi connectivity index (χ1v) is 12.3. The Morgan fingerprint density at radius 1 is 0.971 bits per heavy atom. The predicted molar refractivity (Wildman–Crippen MR) is 152 cm³/mol. The van der Waals surface area contributed by atoms with Crippen molar-refractivity contribution in [3.8, 4) is 0 Å². The van der Waals surface area contributed by atoms with Gasteiger partial charge in [0.25, 0.3) is 0 Å². The SMILES string of the molecule is CCC(c1ccccc1)N1CCN(C(=NC)NCc2cccnc2N2CCN(C)CC2)CC1.I. The predicted octanol–water partition coefficient (Wildman–Crippen LogP) is 3.30. The molecule has 2 aliphatic heterocycles. The van der Waals surface area contributed by atoms with E-state index in [4.69, 9.17) is 4.98 Å². The summed E-state index contributed by atoms with van der Waals surface area (Å²) in [4.78, 5) is 19.1. The maximum absolute atomic E-state index is 4.72. The summed E-state index contributed by atoms with van der Waals surface area (Å²) in [6, 6.07) is 15.6. The lowest BCUT2D eigenvalue weighted by molar-refractivity contribution is 0.127. The molecule has 4 rings (SSSR count). The van der Waals surface area contributed by atoms with Crippen LogP contribution < -0.4 is 10.2 Å². The van der Waals surface area contributed by atoms with E-state index in [0.717, 1.165) is 77.1 Å². The molecule has 1 aromatic heterocycles. The van der Waals surface area contributed by atoms with Crippen molar-refractivity contribution >= 4 is 35.8 Å². The number of hydrogen-bond donors (Lipinski definition) is 1. The van der Waals surface area contributed by atoms with Crippen LogP contribution in [0.2, 0.25) is 0 Å². The van der Waals surface area contributed by atoms with Crippen molar-refractivity contribution in [1.29, 1.82) is 0 Å². The Hall–Kier alpha value is -1.91. The van der Waals surface area contributed by atoms with E-state index in [0.29, 0.717) is 6.04 Å². The molecule has 8 heteroatoms. The van der Waals surface area contributed by atoms with Crippen LogP contribution in [0.15, 0.2) is 53.7 Å². The second-order valence-electron chi connectivity index (χ2n) is 9.03. The second-order valence-corrected chi connectivity index (χ2v) is 9.03. The maximum atomic E-state index is 4.72. The number of hydrogen-bond acceptors (Lipinski definition) is 5. The van der Waals surface area contributed by atoms with Crippen molar-refractivity contribution in [1.82, 2.24) is 25.0 Å². The summed E-state index contributed by atoms with van der Waals surface area (Å²) < 4.78 is 0. The van der Waals surface area contributed by atoms with Crippen LogP contribution in [0.4, 0.5) is 5.82 Å². The van der Waals surface area contributed by atoms with E-state index in [2.05, 4.69) is 80.3 Å². The first-order chi connectivity index (χ1) is 16.2. The van der Waals surface area contributed by atoms with E-state index in [1.165, 1.54) is 11.1 Å². The number of rotatable bonds is 6. The van der Waals surface area contributed by atoms with Gasteiger partial charge in [-0.15, -0.1) is 24.0 Å². The molecule has 1 aromatic carbocycles. The number of piperazine rings is 2. The number of pyridine rings is 1. The third-order valence-electron chi connectivity index (χ3n) is 6.94. The van der Waals surface area contributed by atoms with Gasteiger partial charge in [0.05, 0.1) is 0 Å². The zero-order valence-electron chi connectivity index (χ0n) is 20.9. The molecular weight excluding hydrogens is 537 g/mol. The Morgan fingerprint density at radius 2 is 1.68 bits per heavy atom. The van der Waals surface area contributed by atoms with Crippen LogP contribution in [0.5, 0.6) is 0 Å². The molecule has 0 saturated carbocycles. The summed E-state index contributed by atoms with van der Waals surface area (Å²) in [5, 5.41) is 3.61. The lowest BCUT2D eigenvalue weighted by Crippen LogP contribution is -2.53. The van der Waals surface area contributed by atoms with Crippen LogP contribution in [-0.2, 0) is 6.54 Å². The Kier molecular flexibility index (Phi) is 10.4. The van der Waals surface area contributed by atoms with Gasteiger partial charge in [-0.1, -0.05) is 43.3 Å².